The van der Waals surface area contributed by atoms with Crippen LogP contribution >= 0.6 is 11.6 Å². The van der Waals surface area contributed by atoms with E-state index in [0.29, 0.717) is 10.7 Å². The molecule has 0 unspecified atom stereocenters. The fourth-order valence-electron chi connectivity index (χ4n) is 3.90. The summed E-state index contributed by atoms with van der Waals surface area (Å²) in [5, 5.41) is 0.444. The van der Waals surface area contributed by atoms with E-state index >= 15 is 0 Å². The van der Waals surface area contributed by atoms with Gasteiger partial charge in [0.15, 0.2) is 0 Å². The lowest BCUT2D eigenvalue weighted by Gasteiger charge is -2.29. The summed E-state index contributed by atoms with van der Waals surface area (Å²) < 4.78 is 28.2. The number of sulfonamides is 1. The van der Waals surface area contributed by atoms with Gasteiger partial charge in [0.25, 0.3) is 10.0 Å². The van der Waals surface area contributed by atoms with Crippen molar-refractivity contribution in [2.75, 3.05) is 15.7 Å². The van der Waals surface area contributed by atoms with Gasteiger partial charge in [0.2, 0.25) is 5.91 Å². The van der Waals surface area contributed by atoms with Crippen LogP contribution in [0.5, 0.6) is 0 Å². The molecule has 0 aliphatic carbocycles. The fraction of sp³-hybridized carbons (Fsp3) is 0.208. The smallest absolute Gasteiger partial charge is 0.264 e. The SMILES string of the molecule is Cc1ccc(N(CC(=O)N2c3ccccc3C[C@@H]2C)S(=O)(=O)c2ccc(Cl)cc2)cc1. The molecular weight excluding hydrogens is 432 g/mol. The predicted molar refractivity (Wildman–Crippen MR) is 124 cm³/mol. The van der Waals surface area contributed by atoms with E-state index in [-0.39, 0.29) is 23.4 Å². The van der Waals surface area contributed by atoms with E-state index in [1.54, 1.807) is 17.0 Å². The second-order valence-corrected chi connectivity index (χ2v) is 10.0. The van der Waals surface area contributed by atoms with E-state index in [1.807, 2.05) is 50.2 Å². The summed E-state index contributed by atoms with van der Waals surface area (Å²) in [4.78, 5) is 15.2. The minimum Gasteiger partial charge on any atom is -0.307 e. The van der Waals surface area contributed by atoms with Gasteiger partial charge in [-0.25, -0.2) is 8.42 Å². The topological polar surface area (TPSA) is 57.7 Å². The molecule has 1 amide bonds. The number of rotatable bonds is 5. The number of nitrogens with zero attached hydrogens (tertiary/aromatic N) is 2. The van der Waals surface area contributed by atoms with Crippen LogP contribution in [-0.4, -0.2) is 26.9 Å². The summed E-state index contributed by atoms with van der Waals surface area (Å²) in [6.07, 6.45) is 0.746. The molecule has 0 bridgehead atoms. The monoisotopic (exact) mass is 454 g/mol. The molecule has 0 radical (unpaired) electrons. The van der Waals surface area contributed by atoms with E-state index in [9.17, 15) is 13.2 Å². The van der Waals surface area contributed by atoms with Crippen LogP contribution in [0.3, 0.4) is 0 Å². The van der Waals surface area contributed by atoms with Crippen molar-refractivity contribution in [2.24, 2.45) is 0 Å². The predicted octanol–water partition coefficient (Wildman–Crippen LogP) is 4.82. The van der Waals surface area contributed by atoms with Crippen molar-refractivity contribution in [3.63, 3.8) is 0 Å². The first-order chi connectivity index (χ1) is 14.8. The summed E-state index contributed by atoms with van der Waals surface area (Å²) in [5.74, 6) is -0.268. The molecule has 0 aromatic heterocycles. The highest BCUT2D eigenvalue weighted by Gasteiger charge is 2.34. The van der Waals surface area contributed by atoms with E-state index in [2.05, 4.69) is 0 Å². The molecule has 160 valence electrons. The maximum absolute atomic E-state index is 13.5. The van der Waals surface area contributed by atoms with Crippen molar-refractivity contribution in [3.8, 4) is 0 Å². The Morgan fingerprint density at radius 3 is 2.35 bits per heavy atom. The molecule has 3 aromatic carbocycles. The Morgan fingerprint density at radius 1 is 1.03 bits per heavy atom. The van der Waals surface area contributed by atoms with Crippen molar-refractivity contribution >= 4 is 38.9 Å². The molecule has 0 N–H and O–H groups in total. The molecular formula is C24H23ClN2O3S. The first kappa shape index (κ1) is 21.4. The van der Waals surface area contributed by atoms with Crippen LogP contribution in [-0.2, 0) is 21.2 Å². The Balaban J connectivity index is 1.72. The minimum absolute atomic E-state index is 0.0389. The van der Waals surface area contributed by atoms with Gasteiger partial charge in [0.05, 0.1) is 10.6 Å². The average molecular weight is 455 g/mol. The number of benzene rings is 3. The molecule has 1 aliphatic heterocycles. The zero-order valence-electron chi connectivity index (χ0n) is 17.3. The van der Waals surface area contributed by atoms with E-state index < -0.39 is 10.0 Å². The zero-order valence-corrected chi connectivity index (χ0v) is 18.9. The number of halogens is 1. The molecule has 5 nitrogen and oxygen atoms in total. The summed E-state index contributed by atoms with van der Waals surface area (Å²) >= 11 is 5.94. The Morgan fingerprint density at radius 2 is 1.68 bits per heavy atom. The van der Waals surface area contributed by atoms with Gasteiger partial charge in [-0.2, -0.15) is 0 Å². The zero-order chi connectivity index (χ0) is 22.2. The van der Waals surface area contributed by atoms with Crippen LogP contribution in [0.15, 0.2) is 77.7 Å². The molecule has 0 spiro atoms. The van der Waals surface area contributed by atoms with E-state index in [0.717, 1.165) is 23.2 Å². The maximum atomic E-state index is 13.5. The lowest BCUT2D eigenvalue weighted by molar-refractivity contribution is -0.117. The van der Waals surface area contributed by atoms with E-state index in [4.69, 9.17) is 11.6 Å². The number of para-hydroxylation sites is 1. The van der Waals surface area contributed by atoms with Crippen LogP contribution in [0.1, 0.15) is 18.1 Å². The minimum atomic E-state index is -3.98. The third kappa shape index (κ3) is 4.18. The molecule has 0 saturated carbocycles. The normalized spacial score (nSPS) is 15.6. The van der Waals surface area contributed by atoms with Crippen molar-refractivity contribution in [2.45, 2.75) is 31.2 Å². The van der Waals surface area contributed by atoms with Crippen molar-refractivity contribution in [3.05, 3.63) is 88.9 Å². The summed E-state index contributed by atoms with van der Waals surface area (Å²) in [5.41, 5.74) is 3.37. The first-order valence-corrected chi connectivity index (χ1v) is 11.8. The summed E-state index contributed by atoms with van der Waals surface area (Å²) in [6, 6.07) is 20.8. The third-order valence-electron chi connectivity index (χ3n) is 5.48. The first-order valence-electron chi connectivity index (χ1n) is 10.0. The number of fused-ring (bicyclic) bond motifs is 1. The molecule has 0 fully saturated rings. The second kappa shape index (κ2) is 8.36. The quantitative estimate of drug-likeness (QED) is 0.555. The number of hydrogen-bond acceptors (Lipinski definition) is 3. The van der Waals surface area contributed by atoms with Crippen LogP contribution < -0.4 is 9.21 Å². The lowest BCUT2D eigenvalue weighted by atomic mass is 10.1. The van der Waals surface area contributed by atoms with Gasteiger partial charge >= 0.3 is 0 Å². The summed E-state index contributed by atoms with van der Waals surface area (Å²) in [7, 11) is -3.98. The van der Waals surface area contributed by atoms with Crippen molar-refractivity contribution in [1.29, 1.82) is 0 Å². The molecule has 1 heterocycles. The molecule has 4 rings (SSSR count). The number of hydrogen-bond donors (Lipinski definition) is 0. The van der Waals surface area contributed by atoms with Crippen molar-refractivity contribution in [1.82, 2.24) is 0 Å². The maximum Gasteiger partial charge on any atom is 0.264 e. The highest BCUT2D eigenvalue weighted by molar-refractivity contribution is 7.92. The Kier molecular flexibility index (Phi) is 5.77. The largest absolute Gasteiger partial charge is 0.307 e. The Labute approximate surface area is 187 Å². The van der Waals surface area contributed by atoms with Crippen LogP contribution in [0.2, 0.25) is 5.02 Å². The molecule has 1 aliphatic rings. The molecule has 1 atom stereocenters. The number of carbonyl (C=O) groups excluding carboxylic acids is 1. The Bertz CT molecular complexity index is 1210. The number of anilines is 2. The lowest BCUT2D eigenvalue weighted by Crippen LogP contribution is -2.45. The fourth-order valence-corrected chi connectivity index (χ4v) is 5.44. The van der Waals surface area contributed by atoms with Gasteiger partial charge in [0, 0.05) is 16.8 Å². The van der Waals surface area contributed by atoms with Crippen molar-refractivity contribution < 1.29 is 13.2 Å². The van der Waals surface area contributed by atoms with Gasteiger partial charge in [-0.3, -0.25) is 9.10 Å². The highest BCUT2D eigenvalue weighted by atomic mass is 35.5. The molecule has 3 aromatic rings. The van der Waals surface area contributed by atoms with Crippen LogP contribution in [0.4, 0.5) is 11.4 Å². The second-order valence-electron chi connectivity index (χ2n) is 7.75. The van der Waals surface area contributed by atoms with Gasteiger partial charge in [-0.15, -0.1) is 0 Å². The van der Waals surface area contributed by atoms with Crippen LogP contribution in [0.25, 0.3) is 0 Å². The Hall–Kier alpha value is -2.83. The number of aryl methyl sites for hydroxylation is 1. The summed E-state index contributed by atoms with van der Waals surface area (Å²) in [6.45, 7) is 3.60. The number of carbonyl (C=O) groups is 1. The molecule has 0 saturated heterocycles. The van der Waals surface area contributed by atoms with Gasteiger partial charge in [-0.05, 0) is 68.3 Å². The molecule has 7 heteroatoms. The third-order valence-corrected chi connectivity index (χ3v) is 7.52. The highest BCUT2D eigenvalue weighted by Crippen LogP contribution is 2.33. The van der Waals surface area contributed by atoms with Gasteiger partial charge in [0.1, 0.15) is 6.54 Å². The van der Waals surface area contributed by atoms with Crippen LogP contribution in [0, 0.1) is 6.92 Å². The molecule has 31 heavy (non-hydrogen) atoms. The average Bonchev–Trinajstić information content (AvgIpc) is 3.08. The van der Waals surface area contributed by atoms with Gasteiger partial charge in [-0.1, -0.05) is 47.5 Å². The van der Waals surface area contributed by atoms with Gasteiger partial charge < -0.3 is 4.90 Å². The standard InChI is InChI=1S/C24H23ClN2O3S/c1-17-7-11-21(12-8-17)26(31(29,30)22-13-9-20(25)10-14-22)16-24(28)27-18(2)15-19-5-3-4-6-23(19)27/h3-14,18H,15-16H2,1-2H3/t18-/m0/s1. The number of amides is 1. The van der Waals surface area contributed by atoms with E-state index in [1.165, 1.54) is 28.6 Å².